The molecule has 3 rings (SSSR count). The standard InChI is InChI=1S/C17H20FN3O3S/c1-11(2)16-9-15(17(22)19-13-5-3-12(18)4-6-13)20-21(16)14-7-8-25(23,24)10-14/h3-6,9,11,14H,7-8,10H2,1-2H3,(H,19,22). The molecule has 1 atom stereocenters. The van der Waals surface area contributed by atoms with Crippen LogP contribution in [0.15, 0.2) is 30.3 Å². The largest absolute Gasteiger partial charge is 0.321 e. The first kappa shape index (κ1) is 17.6. The van der Waals surface area contributed by atoms with Gasteiger partial charge in [0.05, 0.1) is 17.5 Å². The van der Waals surface area contributed by atoms with Gasteiger partial charge < -0.3 is 5.32 Å². The third kappa shape index (κ3) is 3.89. The van der Waals surface area contributed by atoms with Crippen LogP contribution in [-0.2, 0) is 9.84 Å². The van der Waals surface area contributed by atoms with Gasteiger partial charge in [-0.1, -0.05) is 13.8 Å². The highest BCUT2D eigenvalue weighted by molar-refractivity contribution is 7.91. The topological polar surface area (TPSA) is 81.1 Å². The number of halogens is 1. The molecular weight excluding hydrogens is 345 g/mol. The Morgan fingerprint density at radius 3 is 2.56 bits per heavy atom. The van der Waals surface area contributed by atoms with E-state index in [9.17, 15) is 17.6 Å². The second-order valence-corrected chi connectivity index (χ2v) is 8.80. The summed E-state index contributed by atoms with van der Waals surface area (Å²) in [5.41, 5.74) is 1.51. The van der Waals surface area contributed by atoms with E-state index in [-0.39, 0.29) is 35.0 Å². The average Bonchev–Trinajstić information content (AvgIpc) is 3.13. The minimum atomic E-state index is -3.05. The van der Waals surface area contributed by atoms with E-state index >= 15 is 0 Å². The number of amides is 1. The second-order valence-electron chi connectivity index (χ2n) is 6.57. The minimum absolute atomic E-state index is 0.0490. The van der Waals surface area contributed by atoms with Crippen LogP contribution in [0.3, 0.4) is 0 Å². The fourth-order valence-corrected chi connectivity index (χ4v) is 4.63. The molecule has 25 heavy (non-hydrogen) atoms. The summed E-state index contributed by atoms with van der Waals surface area (Å²) >= 11 is 0. The van der Waals surface area contributed by atoms with Gasteiger partial charge in [-0.2, -0.15) is 5.10 Å². The number of anilines is 1. The summed E-state index contributed by atoms with van der Waals surface area (Å²) in [5.74, 6) is -0.498. The van der Waals surface area contributed by atoms with Crippen molar-refractivity contribution in [1.29, 1.82) is 0 Å². The van der Waals surface area contributed by atoms with Crippen LogP contribution in [0.4, 0.5) is 10.1 Å². The summed E-state index contributed by atoms with van der Waals surface area (Å²) in [5, 5.41) is 7.03. The highest BCUT2D eigenvalue weighted by Gasteiger charge is 2.32. The number of nitrogens with zero attached hydrogens (tertiary/aromatic N) is 2. The summed E-state index contributed by atoms with van der Waals surface area (Å²) in [7, 11) is -3.05. The third-order valence-corrected chi connectivity index (χ3v) is 6.00. The second kappa shape index (κ2) is 6.59. The Kier molecular flexibility index (Phi) is 4.64. The van der Waals surface area contributed by atoms with Crippen molar-refractivity contribution in [2.24, 2.45) is 0 Å². The molecule has 1 amide bonds. The molecule has 2 aromatic rings. The van der Waals surface area contributed by atoms with Gasteiger partial charge >= 0.3 is 0 Å². The molecule has 8 heteroatoms. The van der Waals surface area contributed by atoms with Crippen LogP contribution in [0, 0.1) is 5.82 Å². The summed E-state index contributed by atoms with van der Waals surface area (Å²) < 4.78 is 38.1. The molecule has 6 nitrogen and oxygen atoms in total. The highest BCUT2D eigenvalue weighted by Crippen LogP contribution is 2.28. The summed E-state index contributed by atoms with van der Waals surface area (Å²) in [4.78, 5) is 12.4. The van der Waals surface area contributed by atoms with E-state index in [0.29, 0.717) is 12.1 Å². The van der Waals surface area contributed by atoms with Crippen molar-refractivity contribution in [1.82, 2.24) is 9.78 Å². The van der Waals surface area contributed by atoms with Crippen LogP contribution in [0.5, 0.6) is 0 Å². The van der Waals surface area contributed by atoms with E-state index in [0.717, 1.165) is 5.69 Å². The van der Waals surface area contributed by atoms with Crippen molar-refractivity contribution in [3.8, 4) is 0 Å². The Morgan fingerprint density at radius 1 is 1.32 bits per heavy atom. The summed E-state index contributed by atoms with van der Waals surface area (Å²) in [6, 6.07) is 6.91. The quantitative estimate of drug-likeness (QED) is 0.903. The molecule has 1 aromatic carbocycles. The molecule has 0 bridgehead atoms. The van der Waals surface area contributed by atoms with Crippen LogP contribution in [-0.4, -0.2) is 35.6 Å². The van der Waals surface area contributed by atoms with Gasteiger partial charge in [-0.25, -0.2) is 12.8 Å². The van der Waals surface area contributed by atoms with Crippen molar-refractivity contribution in [2.75, 3.05) is 16.8 Å². The van der Waals surface area contributed by atoms with E-state index in [1.807, 2.05) is 13.8 Å². The van der Waals surface area contributed by atoms with E-state index in [1.54, 1.807) is 10.7 Å². The van der Waals surface area contributed by atoms with Crippen molar-refractivity contribution in [2.45, 2.75) is 32.2 Å². The SMILES string of the molecule is CC(C)c1cc(C(=O)Nc2ccc(F)cc2)nn1C1CCS(=O)(=O)C1. The van der Waals surface area contributed by atoms with Gasteiger partial charge in [-0.3, -0.25) is 9.48 Å². The maximum absolute atomic E-state index is 13.0. The van der Waals surface area contributed by atoms with Crippen molar-refractivity contribution in [3.63, 3.8) is 0 Å². The van der Waals surface area contributed by atoms with Crippen LogP contribution >= 0.6 is 0 Å². The maximum atomic E-state index is 13.0. The number of nitrogens with one attached hydrogen (secondary N) is 1. The minimum Gasteiger partial charge on any atom is -0.321 e. The van der Waals surface area contributed by atoms with Crippen molar-refractivity contribution < 1.29 is 17.6 Å². The van der Waals surface area contributed by atoms with Gasteiger partial charge in [0.25, 0.3) is 5.91 Å². The van der Waals surface area contributed by atoms with E-state index in [4.69, 9.17) is 0 Å². The fourth-order valence-electron chi connectivity index (χ4n) is 2.94. The van der Waals surface area contributed by atoms with Crippen molar-refractivity contribution >= 4 is 21.4 Å². The van der Waals surface area contributed by atoms with E-state index < -0.39 is 15.7 Å². The van der Waals surface area contributed by atoms with Gasteiger partial charge in [-0.15, -0.1) is 0 Å². The smallest absolute Gasteiger partial charge is 0.276 e. The zero-order valence-corrected chi connectivity index (χ0v) is 14.9. The Bertz CT molecular complexity index is 888. The number of rotatable bonds is 4. The zero-order chi connectivity index (χ0) is 18.2. The van der Waals surface area contributed by atoms with Gasteiger partial charge in [0.2, 0.25) is 0 Å². The highest BCUT2D eigenvalue weighted by atomic mass is 32.2. The zero-order valence-electron chi connectivity index (χ0n) is 14.1. The molecule has 134 valence electrons. The molecule has 2 heterocycles. The van der Waals surface area contributed by atoms with E-state index in [2.05, 4.69) is 10.4 Å². The third-order valence-electron chi connectivity index (χ3n) is 4.25. The maximum Gasteiger partial charge on any atom is 0.276 e. The number of aromatic nitrogens is 2. The lowest BCUT2D eigenvalue weighted by molar-refractivity contribution is 0.102. The molecular formula is C17H20FN3O3S. The Balaban J connectivity index is 1.86. The monoisotopic (exact) mass is 365 g/mol. The predicted molar refractivity (Wildman–Crippen MR) is 93.0 cm³/mol. The molecule has 1 aromatic heterocycles. The van der Waals surface area contributed by atoms with Crippen LogP contribution in [0.25, 0.3) is 0 Å². The summed E-state index contributed by atoms with van der Waals surface area (Å²) in [6.07, 6.45) is 0.503. The number of hydrogen-bond donors (Lipinski definition) is 1. The first-order valence-corrected chi connectivity index (χ1v) is 9.94. The molecule has 0 saturated carbocycles. The molecule has 1 unspecified atom stereocenters. The number of carbonyl (C=O) groups excluding carboxylic acids is 1. The number of carbonyl (C=O) groups is 1. The number of benzene rings is 1. The Morgan fingerprint density at radius 2 is 2.00 bits per heavy atom. The van der Waals surface area contributed by atoms with Crippen LogP contribution in [0.2, 0.25) is 0 Å². The van der Waals surface area contributed by atoms with Gasteiger partial charge in [0.1, 0.15) is 5.82 Å². The summed E-state index contributed by atoms with van der Waals surface area (Å²) in [6.45, 7) is 3.94. The van der Waals surface area contributed by atoms with Gasteiger partial charge in [0.15, 0.2) is 15.5 Å². The van der Waals surface area contributed by atoms with Gasteiger partial charge in [0, 0.05) is 11.4 Å². The lowest BCUT2D eigenvalue weighted by Crippen LogP contribution is -2.17. The first-order chi connectivity index (χ1) is 11.7. The Labute approximate surface area is 146 Å². The normalized spacial score (nSPS) is 19.3. The van der Waals surface area contributed by atoms with E-state index in [1.165, 1.54) is 24.3 Å². The first-order valence-electron chi connectivity index (χ1n) is 8.12. The van der Waals surface area contributed by atoms with Crippen LogP contribution in [0.1, 0.15) is 48.4 Å². The molecule has 1 N–H and O–H groups in total. The van der Waals surface area contributed by atoms with Crippen LogP contribution < -0.4 is 5.32 Å². The number of hydrogen-bond acceptors (Lipinski definition) is 4. The molecule has 1 fully saturated rings. The number of sulfone groups is 1. The molecule has 1 aliphatic heterocycles. The molecule has 0 spiro atoms. The lowest BCUT2D eigenvalue weighted by atomic mass is 10.1. The lowest BCUT2D eigenvalue weighted by Gasteiger charge is -2.15. The average molecular weight is 365 g/mol. The molecule has 1 aliphatic rings. The van der Waals surface area contributed by atoms with Crippen molar-refractivity contribution in [3.05, 3.63) is 47.5 Å². The fraction of sp³-hybridized carbons (Fsp3) is 0.412. The molecule has 0 aliphatic carbocycles. The predicted octanol–water partition coefficient (Wildman–Crippen LogP) is 2.76. The van der Waals surface area contributed by atoms with Gasteiger partial charge in [-0.05, 0) is 42.7 Å². The molecule has 0 radical (unpaired) electrons. The Hall–Kier alpha value is -2.22. The molecule has 1 saturated heterocycles.